The van der Waals surface area contributed by atoms with Gasteiger partial charge in [0.25, 0.3) is 0 Å². The van der Waals surface area contributed by atoms with Crippen LogP contribution in [0.15, 0.2) is 0 Å². The molecule has 0 saturated heterocycles. The zero-order valence-electron chi connectivity index (χ0n) is 79.2. The molecule has 0 N–H and O–H groups in total. The average Bonchev–Trinajstić information content (AvgIpc) is 0.872. The molecule has 0 fully saturated rings. The van der Waals surface area contributed by atoms with Crippen LogP contribution in [0.3, 0.4) is 0 Å². The predicted octanol–water partition coefficient (Wildman–Crippen LogP) is 34.8. The van der Waals surface area contributed by atoms with E-state index in [1.165, 1.54) is 99.8 Å². The lowest BCUT2D eigenvalue weighted by molar-refractivity contribution is -0.142. The molecule has 0 bridgehead atoms. The molecular formula is C87H181O17P7S7. The number of unbranched alkanes of at least 4 members (excludes halogenated alkanes) is 8. The van der Waals surface area contributed by atoms with Crippen LogP contribution < -0.4 is 0 Å². The second-order valence-electron chi connectivity index (χ2n) is 32.1. The van der Waals surface area contributed by atoms with Crippen molar-refractivity contribution in [2.24, 2.45) is 47.3 Å². The number of rotatable bonds is 91. The first kappa shape index (κ1) is 122. The standard InChI is InChI=1S/C87H181O17P7S7/c1-24-41-49-79(32-9)59-91-105(92-60-80(33-10)50-42-25-2)113-67-73(18)101-109(102-74(19)68-114-106(93-61-81(34-11)51-43-26-3)94-62-82(35-12)52-44-27-4)116-70-76(21)99-108(112-58-57-87(88)90-40-17)100-77(22)71-117-110(103-75(20)69-115-107(95-63-83(36-13)53-45-28-5)96-64-84(37-14)54-46-29-6)104-78(23)72-118-111(89,97-65-85(38-15)55-47-30-7)98-66-86(39-16)56-48-31-8/h73-86H,24-72H2,1-23H3. The van der Waals surface area contributed by atoms with Gasteiger partial charge in [-0.25, -0.2) is 4.57 Å². The van der Waals surface area contributed by atoms with Crippen LogP contribution >= 0.6 is 132 Å². The molecule has 0 radical (unpaired) electrons. The molecule has 0 saturated carbocycles. The quantitative estimate of drug-likeness (QED) is 0.0415. The van der Waals surface area contributed by atoms with Crippen molar-refractivity contribution >= 4 is 138 Å². The van der Waals surface area contributed by atoms with E-state index in [-0.39, 0.29) is 49.0 Å². The molecule has 0 aromatic carbocycles. The van der Waals surface area contributed by atoms with Crippen molar-refractivity contribution in [3.8, 4) is 0 Å². The summed E-state index contributed by atoms with van der Waals surface area (Å²) in [5.74, 6) is 7.31. The maximum absolute atomic E-state index is 15.0. The molecule has 0 aliphatic rings. The van der Waals surface area contributed by atoms with Crippen molar-refractivity contribution in [3.63, 3.8) is 0 Å². The van der Waals surface area contributed by atoms with Gasteiger partial charge in [0.15, 0.2) is 0 Å². The molecule has 0 amide bonds. The van der Waals surface area contributed by atoms with E-state index < -0.39 is 52.3 Å². The number of carbonyl (C=O) groups excluding carboxylic acids is 1. The maximum atomic E-state index is 15.0. The minimum absolute atomic E-state index is 0.173. The van der Waals surface area contributed by atoms with Crippen LogP contribution in [0.25, 0.3) is 0 Å². The largest absolute Gasteiger partial charge is 0.466 e. The third-order valence-electron chi connectivity index (χ3n) is 20.7. The van der Waals surface area contributed by atoms with E-state index in [1.54, 1.807) is 56.9 Å². The highest BCUT2D eigenvalue weighted by Gasteiger charge is 2.34. The van der Waals surface area contributed by atoms with Crippen molar-refractivity contribution < 1.29 is 77.4 Å². The maximum Gasteiger partial charge on any atom is 0.389 e. The molecule has 0 spiro atoms. The van der Waals surface area contributed by atoms with E-state index in [4.69, 9.17) is 68.1 Å². The van der Waals surface area contributed by atoms with Gasteiger partial charge in [0.05, 0.1) is 103 Å². The van der Waals surface area contributed by atoms with Gasteiger partial charge >= 0.3 is 12.8 Å². The number of carbonyl (C=O) groups is 1. The number of hydrogen-bond donors (Lipinski definition) is 0. The summed E-state index contributed by atoms with van der Waals surface area (Å²) < 4.78 is 116. The van der Waals surface area contributed by atoms with Gasteiger partial charge < -0.3 is 68.1 Å². The number of ether oxygens (including phenoxy) is 1. The Kier molecular flexibility index (Phi) is 87.2. The summed E-state index contributed by atoms with van der Waals surface area (Å²) in [6.07, 6.45) is 34.7. The molecule has 0 aliphatic heterocycles. The molecule has 16 atom stereocenters. The first-order valence-electron chi connectivity index (χ1n) is 47.0. The molecule has 0 aromatic rings. The molecule has 0 aromatic heterocycles. The summed E-state index contributed by atoms with van der Waals surface area (Å²) in [7, 11) is -8.36. The highest BCUT2D eigenvalue weighted by atomic mass is 32.7. The van der Waals surface area contributed by atoms with E-state index >= 15 is 4.57 Å². The molecule has 17 nitrogen and oxygen atoms in total. The summed E-state index contributed by atoms with van der Waals surface area (Å²) >= 11 is 11.3. The summed E-state index contributed by atoms with van der Waals surface area (Å²) in [6, 6.07) is 0. The van der Waals surface area contributed by atoms with Crippen LogP contribution in [0.2, 0.25) is 0 Å². The lowest BCUT2D eigenvalue weighted by Gasteiger charge is -2.28. The van der Waals surface area contributed by atoms with Crippen molar-refractivity contribution in [1.82, 2.24) is 0 Å². The lowest BCUT2D eigenvalue weighted by atomic mass is 10.0. The van der Waals surface area contributed by atoms with Crippen molar-refractivity contribution in [1.29, 1.82) is 0 Å². The third-order valence-corrected chi connectivity index (χ3v) is 44.7. The highest BCUT2D eigenvalue weighted by Crippen LogP contribution is 2.65. The molecule has 16 unspecified atom stereocenters. The molecule has 31 heteroatoms. The Morgan fingerprint density at radius 1 is 0.280 bits per heavy atom. The van der Waals surface area contributed by atoms with Crippen LogP contribution in [-0.2, 0) is 77.4 Å². The third kappa shape index (κ3) is 68.2. The smallest absolute Gasteiger partial charge is 0.389 e. The fourth-order valence-corrected chi connectivity index (χ4v) is 35.5. The SMILES string of the molecule is CCCCC(CC)COP(OCC(CC)CCCC)SCC(C)OP(OC(C)CSP(OCC(CC)CCCC)OCC(CC)CCCC)SCC(C)OP(OC(C)CSP(OC(C)CSP(OCC(CC)CCCC)OCC(CC)CCCC)OC(C)CSP(=O)(OCC(CC)CCCC)OCC(CC)CCCC)SCCC(=O)OCC. The fourth-order valence-electron chi connectivity index (χ4n) is 11.8. The Labute approximate surface area is 764 Å². The second kappa shape index (κ2) is 84.2. The first-order chi connectivity index (χ1) is 57.0. The number of hydrogen-bond acceptors (Lipinski definition) is 24. The monoisotopic (exact) mass is 1940 g/mol. The van der Waals surface area contributed by atoms with E-state index in [0.29, 0.717) is 147 Å². The van der Waals surface area contributed by atoms with Gasteiger partial charge in [-0.1, -0.05) is 333 Å². The van der Waals surface area contributed by atoms with Crippen LogP contribution in [0.5, 0.6) is 0 Å². The Morgan fingerprint density at radius 2 is 0.483 bits per heavy atom. The molecular weight excluding hydrogens is 1760 g/mol. The normalized spacial score (nSPS) is 17.9. The van der Waals surface area contributed by atoms with E-state index in [0.717, 1.165) is 128 Å². The van der Waals surface area contributed by atoms with Gasteiger partial charge in [-0.05, 0) is 159 Å². The summed E-state index contributed by atoms with van der Waals surface area (Å²) in [5.41, 5.74) is 0. The highest BCUT2D eigenvalue weighted by molar-refractivity contribution is 8.55. The molecule has 708 valence electrons. The lowest BCUT2D eigenvalue weighted by Crippen LogP contribution is -2.16. The predicted molar refractivity (Wildman–Crippen MR) is 535 cm³/mol. The van der Waals surface area contributed by atoms with Crippen molar-refractivity contribution in [2.45, 2.75) is 408 Å². The molecule has 0 aliphatic carbocycles. The number of esters is 1. The van der Waals surface area contributed by atoms with E-state index in [1.807, 2.05) is 13.8 Å². The summed E-state index contributed by atoms with van der Waals surface area (Å²) in [4.78, 5) is 12.9. The molecule has 0 rings (SSSR count). The minimum atomic E-state index is -3.59. The Balaban J connectivity index is 7.55. The van der Waals surface area contributed by atoms with Crippen LogP contribution in [-0.4, -0.2) is 142 Å². The minimum Gasteiger partial charge on any atom is -0.466 e. The fraction of sp³-hybridized carbons (Fsp3) is 0.989. The Hall–Kier alpha value is 4.17. The van der Waals surface area contributed by atoms with Gasteiger partial charge in [0.2, 0.25) is 45.5 Å². The summed E-state index contributed by atoms with van der Waals surface area (Å²) in [6.45, 7) is 52.2. The van der Waals surface area contributed by atoms with Gasteiger partial charge in [-0.3, -0.25) is 4.79 Å². The van der Waals surface area contributed by atoms with Crippen molar-refractivity contribution in [3.05, 3.63) is 0 Å². The van der Waals surface area contributed by atoms with E-state index in [9.17, 15) is 4.79 Å². The average molecular weight is 1940 g/mol. The summed E-state index contributed by atoms with van der Waals surface area (Å²) in [5, 5.41) is 0. The topological polar surface area (TPSA) is 173 Å². The zero-order valence-corrected chi connectivity index (χ0v) is 91.1. The Morgan fingerprint density at radius 3 is 0.695 bits per heavy atom. The van der Waals surface area contributed by atoms with Gasteiger partial charge in [0, 0.05) is 40.3 Å². The Bertz CT molecular complexity index is 2110. The van der Waals surface area contributed by atoms with Gasteiger partial charge in [0.1, 0.15) is 0 Å². The van der Waals surface area contributed by atoms with Crippen LogP contribution in [0.4, 0.5) is 0 Å². The molecule has 0 heterocycles. The van der Waals surface area contributed by atoms with Gasteiger partial charge in [-0.2, -0.15) is 0 Å². The second-order valence-corrected chi connectivity index (χ2v) is 55.4. The zero-order chi connectivity index (χ0) is 87.8. The van der Waals surface area contributed by atoms with E-state index in [2.05, 4.69) is 145 Å². The first-order valence-corrected chi connectivity index (χ1v) is 66.8. The van der Waals surface area contributed by atoms with Crippen LogP contribution in [0, 0.1) is 47.3 Å². The van der Waals surface area contributed by atoms with Crippen molar-refractivity contribution in [2.75, 3.05) is 99.7 Å². The van der Waals surface area contributed by atoms with Gasteiger partial charge in [-0.15, -0.1) is 0 Å². The molecule has 118 heavy (non-hydrogen) atoms. The van der Waals surface area contributed by atoms with Crippen LogP contribution in [0.1, 0.15) is 371 Å².